The number of anilines is 1. The normalized spacial score (nSPS) is 16.9. The van der Waals surface area contributed by atoms with Gasteiger partial charge in [0.25, 0.3) is 5.91 Å². The van der Waals surface area contributed by atoms with Gasteiger partial charge in [0, 0.05) is 32.4 Å². The summed E-state index contributed by atoms with van der Waals surface area (Å²) in [5.41, 5.74) is 5.19. The van der Waals surface area contributed by atoms with Crippen LogP contribution in [-0.4, -0.2) is 44.1 Å². The summed E-state index contributed by atoms with van der Waals surface area (Å²) in [4.78, 5) is 17.3. The molecule has 2 aromatic carbocycles. The third kappa shape index (κ3) is 5.36. The summed E-state index contributed by atoms with van der Waals surface area (Å²) in [7, 11) is 1.68. The third-order valence-corrected chi connectivity index (χ3v) is 6.91. The van der Waals surface area contributed by atoms with Crippen molar-refractivity contribution >= 4 is 11.6 Å². The number of piperazine rings is 1. The Balaban J connectivity index is 1.39. The molecule has 1 aliphatic heterocycles. The van der Waals surface area contributed by atoms with E-state index in [0.29, 0.717) is 0 Å². The molecule has 1 unspecified atom stereocenters. The lowest BCUT2D eigenvalue weighted by Gasteiger charge is -2.36. The number of hydrogen-bond acceptors (Lipinski definition) is 5. The molecule has 0 spiro atoms. The maximum absolute atomic E-state index is 13.0. The standard InChI is InChI=1S/C28H34N4O2/c1-3-25(23-13-12-21-8-4-5-9-22(21)18-23)30-28(33)24(19-29)20-31-14-16-32(17-15-31)26-10-6-7-11-27(26)34-2/h6-7,10-13,18,20,25H,3-5,8-9,14-17H2,1-2H3,(H,30,33)/b24-20-. The largest absolute Gasteiger partial charge is 0.495 e. The summed E-state index contributed by atoms with van der Waals surface area (Å²) in [5.74, 6) is 0.551. The fourth-order valence-corrected chi connectivity index (χ4v) is 4.93. The first-order valence-corrected chi connectivity index (χ1v) is 12.3. The summed E-state index contributed by atoms with van der Waals surface area (Å²) in [6, 6.07) is 16.6. The first kappa shape index (κ1) is 23.7. The van der Waals surface area contributed by atoms with Crippen molar-refractivity contribution in [1.29, 1.82) is 5.26 Å². The number of nitriles is 1. The molecule has 0 saturated carbocycles. The number of hydrogen-bond donors (Lipinski definition) is 1. The second-order valence-electron chi connectivity index (χ2n) is 9.02. The fourth-order valence-electron chi connectivity index (χ4n) is 4.93. The van der Waals surface area contributed by atoms with E-state index in [9.17, 15) is 10.1 Å². The monoisotopic (exact) mass is 458 g/mol. The van der Waals surface area contributed by atoms with Crippen LogP contribution in [0.25, 0.3) is 0 Å². The molecule has 2 aliphatic rings. The molecule has 178 valence electrons. The Kier molecular flexibility index (Phi) is 7.74. The van der Waals surface area contributed by atoms with Crippen LogP contribution >= 0.6 is 0 Å². The van der Waals surface area contributed by atoms with Crippen molar-refractivity contribution in [3.63, 3.8) is 0 Å². The number of benzene rings is 2. The SMILES string of the molecule is CCC(NC(=O)/C(C#N)=C\N1CCN(c2ccccc2OC)CC1)c1ccc2c(c1)CCCC2. The maximum atomic E-state index is 13.0. The number of carbonyl (C=O) groups excluding carboxylic acids is 1. The van der Waals surface area contributed by atoms with Crippen LogP contribution in [0.5, 0.6) is 5.75 Å². The van der Waals surface area contributed by atoms with Crippen LogP contribution in [0.1, 0.15) is 48.9 Å². The minimum absolute atomic E-state index is 0.0983. The van der Waals surface area contributed by atoms with E-state index in [-0.39, 0.29) is 17.5 Å². The number of methoxy groups -OCH3 is 1. The Morgan fingerprint density at radius 1 is 1.12 bits per heavy atom. The molecule has 1 atom stereocenters. The van der Waals surface area contributed by atoms with Gasteiger partial charge in [0.1, 0.15) is 17.4 Å². The number of fused-ring (bicyclic) bond motifs is 1. The van der Waals surface area contributed by atoms with E-state index in [1.54, 1.807) is 13.3 Å². The van der Waals surface area contributed by atoms with Crippen LogP contribution < -0.4 is 15.0 Å². The van der Waals surface area contributed by atoms with E-state index in [4.69, 9.17) is 4.74 Å². The lowest BCUT2D eigenvalue weighted by atomic mass is 9.88. The smallest absolute Gasteiger partial charge is 0.263 e. The molecule has 34 heavy (non-hydrogen) atoms. The lowest BCUT2D eigenvalue weighted by Crippen LogP contribution is -2.44. The van der Waals surface area contributed by atoms with Crippen molar-refractivity contribution in [2.24, 2.45) is 0 Å². The summed E-state index contributed by atoms with van der Waals surface area (Å²) in [5, 5.41) is 12.8. The number of nitrogens with zero attached hydrogens (tertiary/aromatic N) is 3. The van der Waals surface area contributed by atoms with E-state index in [0.717, 1.165) is 62.4 Å². The fraction of sp³-hybridized carbons (Fsp3) is 0.429. The second-order valence-corrected chi connectivity index (χ2v) is 9.02. The van der Waals surface area contributed by atoms with Crippen LogP contribution in [0.2, 0.25) is 0 Å². The van der Waals surface area contributed by atoms with Crippen LogP contribution in [0.3, 0.4) is 0 Å². The van der Waals surface area contributed by atoms with Gasteiger partial charge in [-0.15, -0.1) is 0 Å². The molecule has 0 radical (unpaired) electrons. The third-order valence-electron chi connectivity index (χ3n) is 6.91. The van der Waals surface area contributed by atoms with E-state index < -0.39 is 0 Å². The lowest BCUT2D eigenvalue weighted by molar-refractivity contribution is -0.117. The molecule has 1 saturated heterocycles. The topological polar surface area (TPSA) is 68.6 Å². The van der Waals surface area contributed by atoms with E-state index in [1.807, 2.05) is 18.2 Å². The van der Waals surface area contributed by atoms with Crippen molar-refractivity contribution < 1.29 is 9.53 Å². The molecule has 0 aromatic heterocycles. The van der Waals surface area contributed by atoms with Crippen molar-refractivity contribution in [1.82, 2.24) is 10.2 Å². The zero-order chi connectivity index (χ0) is 23.9. The van der Waals surface area contributed by atoms with Gasteiger partial charge in [-0.2, -0.15) is 5.26 Å². The molecule has 6 nitrogen and oxygen atoms in total. The van der Waals surface area contributed by atoms with E-state index in [2.05, 4.69) is 52.4 Å². The molecular formula is C28H34N4O2. The molecule has 1 amide bonds. The van der Waals surface area contributed by atoms with Gasteiger partial charge >= 0.3 is 0 Å². The Hall–Kier alpha value is -3.46. The van der Waals surface area contributed by atoms with Crippen molar-refractivity contribution in [2.75, 3.05) is 38.2 Å². The Bertz CT molecular complexity index is 1080. The highest BCUT2D eigenvalue weighted by atomic mass is 16.5. The van der Waals surface area contributed by atoms with Gasteiger partial charge in [-0.25, -0.2) is 0 Å². The minimum Gasteiger partial charge on any atom is -0.495 e. The minimum atomic E-state index is -0.306. The zero-order valence-corrected chi connectivity index (χ0v) is 20.2. The van der Waals surface area contributed by atoms with Crippen molar-refractivity contribution in [3.8, 4) is 11.8 Å². The van der Waals surface area contributed by atoms with Gasteiger partial charge in [-0.1, -0.05) is 37.3 Å². The van der Waals surface area contributed by atoms with Crippen LogP contribution in [0.15, 0.2) is 54.2 Å². The molecule has 0 bridgehead atoms. The number of amides is 1. The summed E-state index contributed by atoms with van der Waals surface area (Å²) in [6.45, 7) is 5.13. The van der Waals surface area contributed by atoms with E-state index in [1.165, 1.54) is 24.0 Å². The van der Waals surface area contributed by atoms with Gasteiger partial charge in [0.05, 0.1) is 18.8 Å². The average molecular weight is 459 g/mol. The number of aryl methyl sites for hydroxylation is 2. The van der Waals surface area contributed by atoms with Gasteiger partial charge in [0.2, 0.25) is 0 Å². The Morgan fingerprint density at radius 2 is 1.85 bits per heavy atom. The highest BCUT2D eigenvalue weighted by Crippen LogP contribution is 2.29. The molecule has 1 fully saturated rings. The van der Waals surface area contributed by atoms with Gasteiger partial charge in [-0.05, 0) is 60.9 Å². The first-order valence-electron chi connectivity index (χ1n) is 12.3. The molecule has 1 aliphatic carbocycles. The summed E-state index contributed by atoms with van der Waals surface area (Å²) in [6.07, 6.45) is 7.23. The van der Waals surface area contributed by atoms with Crippen molar-refractivity contribution in [3.05, 3.63) is 70.9 Å². The number of para-hydroxylation sites is 2. The quantitative estimate of drug-likeness (QED) is 0.493. The second kappa shape index (κ2) is 11.1. The summed E-state index contributed by atoms with van der Waals surface area (Å²) >= 11 is 0. The molecule has 2 aromatic rings. The number of nitrogens with one attached hydrogen (secondary N) is 1. The molecule has 1 N–H and O–H groups in total. The number of ether oxygens (including phenoxy) is 1. The van der Waals surface area contributed by atoms with Crippen LogP contribution in [0.4, 0.5) is 5.69 Å². The predicted molar refractivity (Wildman–Crippen MR) is 135 cm³/mol. The predicted octanol–water partition coefficient (Wildman–Crippen LogP) is 4.37. The number of carbonyl (C=O) groups is 1. The maximum Gasteiger partial charge on any atom is 0.263 e. The van der Waals surface area contributed by atoms with Crippen LogP contribution in [-0.2, 0) is 17.6 Å². The van der Waals surface area contributed by atoms with Gasteiger partial charge in [0.15, 0.2) is 0 Å². The van der Waals surface area contributed by atoms with E-state index >= 15 is 0 Å². The average Bonchev–Trinajstić information content (AvgIpc) is 2.90. The highest BCUT2D eigenvalue weighted by molar-refractivity contribution is 5.97. The Morgan fingerprint density at radius 3 is 2.56 bits per heavy atom. The molecule has 1 heterocycles. The molecule has 6 heteroatoms. The Labute approximate surface area is 202 Å². The highest BCUT2D eigenvalue weighted by Gasteiger charge is 2.21. The van der Waals surface area contributed by atoms with Gasteiger partial charge < -0.3 is 19.9 Å². The molecule has 4 rings (SSSR count). The van der Waals surface area contributed by atoms with Crippen molar-refractivity contribution in [2.45, 2.75) is 45.1 Å². The van der Waals surface area contributed by atoms with Crippen LogP contribution in [0, 0.1) is 11.3 Å². The molecular weight excluding hydrogens is 424 g/mol. The summed E-state index contributed by atoms with van der Waals surface area (Å²) < 4.78 is 5.49. The zero-order valence-electron chi connectivity index (χ0n) is 20.2. The van der Waals surface area contributed by atoms with Gasteiger partial charge in [-0.3, -0.25) is 4.79 Å². The number of rotatable bonds is 7. The first-order chi connectivity index (χ1) is 16.6.